The first-order valence-corrected chi connectivity index (χ1v) is 9.51. The van der Waals surface area contributed by atoms with E-state index in [1.54, 1.807) is 31.6 Å². The van der Waals surface area contributed by atoms with Gasteiger partial charge in [-0.3, -0.25) is 4.79 Å². The van der Waals surface area contributed by atoms with Gasteiger partial charge in [0.25, 0.3) is 0 Å². The van der Waals surface area contributed by atoms with E-state index in [1.165, 1.54) is 4.88 Å². The van der Waals surface area contributed by atoms with Gasteiger partial charge in [-0.2, -0.15) is 0 Å². The van der Waals surface area contributed by atoms with E-state index < -0.39 is 0 Å². The molecule has 136 valence electrons. The van der Waals surface area contributed by atoms with E-state index >= 15 is 0 Å². The molecule has 0 saturated heterocycles. The normalized spacial score (nSPS) is 11.9. The van der Waals surface area contributed by atoms with E-state index in [9.17, 15) is 4.79 Å². The zero-order valence-electron chi connectivity index (χ0n) is 15.1. The molecule has 3 aromatic rings. The van der Waals surface area contributed by atoms with E-state index in [0.29, 0.717) is 13.1 Å². The quantitative estimate of drug-likeness (QED) is 0.566. The van der Waals surface area contributed by atoms with Gasteiger partial charge in [-0.1, -0.05) is 24.3 Å². The molecule has 1 amide bonds. The molecule has 3 rings (SSSR count). The number of furan rings is 1. The second-order valence-electron chi connectivity index (χ2n) is 6.12. The highest BCUT2D eigenvalue weighted by atomic mass is 32.1. The lowest BCUT2D eigenvalue weighted by Crippen LogP contribution is -2.30. The van der Waals surface area contributed by atoms with Crippen LogP contribution in [-0.4, -0.2) is 24.5 Å². The minimum Gasteiger partial charge on any atom is -0.496 e. The van der Waals surface area contributed by atoms with Gasteiger partial charge in [-0.05, 0) is 36.1 Å². The number of benzene rings is 1. The molecule has 0 spiro atoms. The monoisotopic (exact) mass is 369 g/mol. The van der Waals surface area contributed by atoms with Gasteiger partial charge in [0, 0.05) is 29.8 Å². The van der Waals surface area contributed by atoms with Crippen LogP contribution in [0.25, 0.3) is 0 Å². The van der Waals surface area contributed by atoms with Gasteiger partial charge >= 0.3 is 0 Å². The van der Waals surface area contributed by atoms with Crippen molar-refractivity contribution in [3.8, 4) is 5.75 Å². The third-order valence-electron chi connectivity index (χ3n) is 4.46. The highest BCUT2D eigenvalue weighted by Gasteiger charge is 2.22. The molecule has 0 aliphatic rings. The van der Waals surface area contributed by atoms with Crippen LogP contribution in [0.5, 0.6) is 5.75 Å². The molecular weight excluding hydrogens is 346 g/mol. The number of rotatable bonds is 8. The third-order valence-corrected chi connectivity index (χ3v) is 5.32. The Kier molecular flexibility index (Phi) is 6.12. The average molecular weight is 369 g/mol. The largest absolute Gasteiger partial charge is 0.496 e. The van der Waals surface area contributed by atoms with Crippen molar-refractivity contribution in [2.75, 3.05) is 13.7 Å². The summed E-state index contributed by atoms with van der Waals surface area (Å²) in [5.74, 6) is 1.83. The molecule has 0 bridgehead atoms. The van der Waals surface area contributed by atoms with Gasteiger partial charge in [-0.25, -0.2) is 0 Å². The Morgan fingerprint density at radius 2 is 2.04 bits per heavy atom. The van der Waals surface area contributed by atoms with Gasteiger partial charge in [0.05, 0.1) is 19.9 Å². The minimum absolute atomic E-state index is 0.0336. The van der Waals surface area contributed by atoms with E-state index in [1.807, 2.05) is 46.7 Å². The molecule has 4 nitrogen and oxygen atoms in total. The molecule has 0 aliphatic heterocycles. The Balaban J connectivity index is 1.80. The summed E-state index contributed by atoms with van der Waals surface area (Å²) in [6.45, 7) is 2.92. The van der Waals surface area contributed by atoms with Crippen molar-refractivity contribution in [2.24, 2.45) is 0 Å². The summed E-state index contributed by atoms with van der Waals surface area (Å²) in [6.07, 6.45) is 2.45. The van der Waals surface area contributed by atoms with E-state index in [0.717, 1.165) is 23.5 Å². The molecule has 1 aromatic carbocycles. The minimum atomic E-state index is 0.0336. The van der Waals surface area contributed by atoms with Crippen LogP contribution in [0.2, 0.25) is 0 Å². The molecule has 0 N–H and O–H groups in total. The zero-order valence-corrected chi connectivity index (χ0v) is 15.9. The topological polar surface area (TPSA) is 42.7 Å². The maximum Gasteiger partial charge on any atom is 0.219 e. The van der Waals surface area contributed by atoms with Crippen molar-refractivity contribution in [2.45, 2.75) is 25.8 Å². The molecule has 0 radical (unpaired) electrons. The van der Waals surface area contributed by atoms with E-state index in [-0.39, 0.29) is 11.8 Å². The maximum absolute atomic E-state index is 12.1. The third kappa shape index (κ3) is 4.35. The summed E-state index contributed by atoms with van der Waals surface area (Å²) in [4.78, 5) is 15.2. The van der Waals surface area contributed by atoms with Crippen molar-refractivity contribution in [3.63, 3.8) is 0 Å². The Bertz CT molecular complexity index is 812. The predicted octanol–water partition coefficient (Wildman–Crippen LogP) is 4.92. The van der Waals surface area contributed by atoms with Crippen molar-refractivity contribution in [1.82, 2.24) is 4.90 Å². The lowest BCUT2D eigenvalue weighted by molar-refractivity contribution is -0.129. The second-order valence-corrected chi connectivity index (χ2v) is 7.15. The molecule has 0 unspecified atom stereocenters. The Hall–Kier alpha value is -2.53. The Labute approximate surface area is 158 Å². The van der Waals surface area contributed by atoms with Crippen molar-refractivity contribution in [1.29, 1.82) is 0 Å². The summed E-state index contributed by atoms with van der Waals surface area (Å²) in [6, 6.07) is 15.9. The fourth-order valence-corrected chi connectivity index (χ4v) is 3.84. The smallest absolute Gasteiger partial charge is 0.219 e. The summed E-state index contributed by atoms with van der Waals surface area (Å²) in [7, 11) is 1.68. The van der Waals surface area contributed by atoms with E-state index in [2.05, 4.69) is 12.1 Å². The molecule has 0 aliphatic carbocycles. The lowest BCUT2D eigenvalue weighted by atomic mass is 9.92. The van der Waals surface area contributed by atoms with Crippen LogP contribution in [0.3, 0.4) is 0 Å². The first-order valence-electron chi connectivity index (χ1n) is 8.63. The van der Waals surface area contributed by atoms with Gasteiger partial charge in [0.15, 0.2) is 0 Å². The Morgan fingerprint density at radius 1 is 1.19 bits per heavy atom. The van der Waals surface area contributed by atoms with Gasteiger partial charge in [0.1, 0.15) is 11.5 Å². The van der Waals surface area contributed by atoms with Crippen LogP contribution < -0.4 is 4.74 Å². The molecule has 1 atom stereocenters. The first kappa shape index (κ1) is 18.3. The van der Waals surface area contributed by atoms with Crippen molar-refractivity contribution < 1.29 is 13.9 Å². The van der Waals surface area contributed by atoms with Crippen molar-refractivity contribution in [3.05, 3.63) is 76.4 Å². The standard InChI is InChI=1S/C21H23NO3S/c1-16(23)22(15-17-7-6-14-26-17)12-11-19(21-10-5-13-25-21)18-8-3-4-9-20(18)24-2/h3-10,13-14,19H,11-12,15H2,1-2H3/t19-/m1/s1. The number of hydrogen-bond acceptors (Lipinski definition) is 4. The number of ether oxygens (including phenoxy) is 1. The average Bonchev–Trinajstić information content (AvgIpc) is 3.35. The van der Waals surface area contributed by atoms with Crippen LogP contribution in [-0.2, 0) is 11.3 Å². The van der Waals surface area contributed by atoms with Gasteiger partial charge < -0.3 is 14.1 Å². The predicted molar refractivity (Wildman–Crippen MR) is 104 cm³/mol. The molecule has 2 heterocycles. The van der Waals surface area contributed by atoms with Gasteiger partial charge in [-0.15, -0.1) is 11.3 Å². The summed E-state index contributed by atoms with van der Waals surface area (Å²) < 4.78 is 11.2. The summed E-state index contributed by atoms with van der Waals surface area (Å²) >= 11 is 1.67. The second kappa shape index (κ2) is 8.72. The fourth-order valence-electron chi connectivity index (χ4n) is 3.12. The molecule has 0 fully saturated rings. The van der Waals surface area contributed by atoms with Crippen LogP contribution >= 0.6 is 11.3 Å². The SMILES string of the molecule is COc1ccccc1[C@@H](CCN(Cc1cccs1)C(C)=O)c1ccco1. The van der Waals surface area contributed by atoms with E-state index in [4.69, 9.17) is 9.15 Å². The highest BCUT2D eigenvalue weighted by molar-refractivity contribution is 7.09. The molecular formula is C21H23NO3S. The van der Waals surface area contributed by atoms with Crippen LogP contribution in [0, 0.1) is 0 Å². The highest BCUT2D eigenvalue weighted by Crippen LogP contribution is 2.34. The first-order chi connectivity index (χ1) is 12.7. The number of hydrogen-bond donors (Lipinski definition) is 0. The maximum atomic E-state index is 12.1. The molecule has 5 heteroatoms. The van der Waals surface area contributed by atoms with Crippen molar-refractivity contribution >= 4 is 17.2 Å². The summed E-state index contributed by atoms with van der Waals surface area (Å²) in [5.41, 5.74) is 1.07. The number of methoxy groups -OCH3 is 1. The number of nitrogens with zero attached hydrogens (tertiary/aromatic N) is 1. The van der Waals surface area contributed by atoms with Gasteiger partial charge in [0.2, 0.25) is 5.91 Å². The zero-order chi connectivity index (χ0) is 18.4. The molecule has 0 saturated carbocycles. The van der Waals surface area contributed by atoms with Crippen LogP contribution in [0.15, 0.2) is 64.6 Å². The summed E-state index contributed by atoms with van der Waals surface area (Å²) in [5, 5.41) is 2.04. The fraction of sp³-hybridized carbons (Fsp3) is 0.286. The number of carbonyl (C=O) groups is 1. The number of amides is 1. The lowest BCUT2D eigenvalue weighted by Gasteiger charge is -2.24. The number of para-hydroxylation sites is 1. The van der Waals surface area contributed by atoms with Crippen LogP contribution in [0.1, 0.15) is 35.5 Å². The number of thiophene rings is 1. The Morgan fingerprint density at radius 3 is 2.69 bits per heavy atom. The molecule has 2 aromatic heterocycles. The molecule has 26 heavy (non-hydrogen) atoms. The number of carbonyl (C=O) groups excluding carboxylic acids is 1. The van der Waals surface area contributed by atoms with Crippen LogP contribution in [0.4, 0.5) is 0 Å².